The molecule has 0 N–H and O–H groups in total. The van der Waals surface area contributed by atoms with Gasteiger partial charge >= 0.3 is 5.97 Å². The Bertz CT molecular complexity index is 3590. The van der Waals surface area contributed by atoms with E-state index < -0.39 is 0 Å². The van der Waals surface area contributed by atoms with Gasteiger partial charge in [0.1, 0.15) is 57.4 Å². The summed E-state index contributed by atoms with van der Waals surface area (Å²) in [5.74, 6) is 3.59. The number of fused-ring (bicyclic) bond motifs is 10. The Labute approximate surface area is 688 Å². The average Bonchev–Trinajstić information content (AvgIpc) is 1.61. The Morgan fingerprint density at radius 1 is 0.385 bits per heavy atom. The van der Waals surface area contributed by atoms with Crippen LogP contribution in [-0.2, 0) is 105 Å². The molecule has 13 heteroatoms. The number of thioether (sulfide) groups is 3. The first-order chi connectivity index (χ1) is 51.7. The van der Waals surface area contributed by atoms with Crippen LogP contribution in [0, 0.1) is 0 Å². The molecule has 10 bridgehead atoms. The zero-order valence-corrected chi connectivity index (χ0v) is 76.0. The predicted octanol–water partition coefficient (Wildman–Crippen LogP) is 23.9. The van der Waals surface area contributed by atoms with Crippen molar-refractivity contribution >= 4 is 95.7 Å². The van der Waals surface area contributed by atoms with Gasteiger partial charge < -0.3 is 18.9 Å². The quantitative estimate of drug-likeness (QED) is 0.0692. The molecule has 592 valence electrons. The summed E-state index contributed by atoms with van der Waals surface area (Å²) in [4.78, 5) is 19.9. The molecule has 13 saturated heterocycles. The molecular formula is C96H135O5S8+5. The van der Waals surface area contributed by atoms with Crippen LogP contribution in [0.25, 0.3) is 0 Å². The Kier molecular flexibility index (Phi) is 25.9. The zero-order chi connectivity index (χ0) is 77.1. The van der Waals surface area contributed by atoms with Crippen molar-refractivity contribution in [2.75, 3.05) is 43.7 Å². The van der Waals surface area contributed by atoms with E-state index in [1.54, 1.807) is 25.7 Å². The van der Waals surface area contributed by atoms with Gasteiger partial charge in [0.15, 0.2) is 30.3 Å². The molecule has 0 aliphatic carbocycles. The summed E-state index contributed by atoms with van der Waals surface area (Å²) < 4.78 is 23.9. The number of benzene rings is 5. The molecule has 13 heterocycles. The summed E-state index contributed by atoms with van der Waals surface area (Å²) in [6.45, 7) is 43.4. The maximum Gasteiger partial charge on any atom is 0.330 e. The van der Waals surface area contributed by atoms with Crippen LogP contribution in [0.3, 0.4) is 0 Å². The number of esters is 1. The topological polar surface area (TPSA) is 54.0 Å². The SMILES string of the molecule is C=C1CC2CCC(C1)[S+]2c1ccc(C(C)(C)C)cc1.CC(C)(C)c1ccc([S+]2C3CCC2CC2(C3)OCCO2)cc1.CC(C)(C)c1ccc([S+]2C3CCC2CC2(C3)OCCS2)cc1.CC(C)(C)c1ccc([S+]2C3CCC2CC2(C3)SCCS2)cc1.CCOC(=O)C=C1CC2CCC(C1)[S+]2c1ccc(C(C)(C)C)cc1. The highest BCUT2D eigenvalue weighted by Crippen LogP contribution is 2.60. The van der Waals surface area contributed by atoms with Gasteiger partial charge in [-0.3, -0.25) is 0 Å². The number of ether oxygens (including phenoxy) is 4. The van der Waals surface area contributed by atoms with Crippen LogP contribution >= 0.6 is 35.3 Å². The fraction of sp³-hybridized carbons (Fsp3) is 0.635. The van der Waals surface area contributed by atoms with Gasteiger partial charge in [0.05, 0.1) is 30.5 Å². The van der Waals surface area contributed by atoms with Crippen LogP contribution in [0.5, 0.6) is 0 Å². The lowest BCUT2D eigenvalue weighted by Gasteiger charge is -2.35. The van der Waals surface area contributed by atoms with Gasteiger partial charge in [0.25, 0.3) is 0 Å². The largest absolute Gasteiger partial charge is 0.463 e. The number of carbonyl (C=O) groups is 1. The van der Waals surface area contributed by atoms with Crippen LogP contribution in [0.4, 0.5) is 0 Å². The van der Waals surface area contributed by atoms with Gasteiger partial charge in [-0.05, 0) is 122 Å². The Morgan fingerprint density at radius 3 is 0.963 bits per heavy atom. The molecule has 0 amide bonds. The second kappa shape index (κ2) is 34.0. The molecule has 18 rings (SSSR count). The molecule has 13 aliphatic heterocycles. The monoisotopic (exact) mass is 1620 g/mol. The van der Waals surface area contributed by atoms with Gasteiger partial charge in [0, 0.05) is 206 Å². The van der Waals surface area contributed by atoms with Crippen molar-refractivity contribution < 1.29 is 23.7 Å². The lowest BCUT2D eigenvalue weighted by atomic mass is 9.87. The predicted molar refractivity (Wildman–Crippen MR) is 481 cm³/mol. The van der Waals surface area contributed by atoms with Crippen molar-refractivity contribution in [2.45, 2.75) is 358 Å². The molecule has 10 atom stereocenters. The second-order valence-electron chi connectivity index (χ2n) is 39.0. The summed E-state index contributed by atoms with van der Waals surface area (Å²) in [6.07, 6.45) is 28.1. The molecule has 5 aromatic carbocycles. The molecule has 13 fully saturated rings. The Morgan fingerprint density at radius 2 is 0.670 bits per heavy atom. The van der Waals surface area contributed by atoms with E-state index in [0.29, 0.717) is 75.7 Å². The first kappa shape index (κ1) is 83.2. The van der Waals surface area contributed by atoms with Gasteiger partial charge in [0.2, 0.25) is 0 Å². The first-order valence-corrected chi connectivity index (χ1v) is 51.9. The van der Waals surface area contributed by atoms with Gasteiger partial charge in [-0.1, -0.05) is 182 Å². The normalized spacial score (nSPS) is 32.3. The summed E-state index contributed by atoms with van der Waals surface area (Å²) >= 11 is 6.67. The number of hydrogen-bond donors (Lipinski definition) is 0. The molecule has 13 aliphatic rings. The number of allylic oxidation sites excluding steroid dienone is 2. The van der Waals surface area contributed by atoms with E-state index in [4.69, 9.17) is 18.9 Å². The fourth-order valence-electron chi connectivity index (χ4n) is 20.3. The first-order valence-electron chi connectivity index (χ1n) is 42.2. The Balaban J connectivity index is 0.000000114. The van der Waals surface area contributed by atoms with Gasteiger partial charge in [-0.15, -0.1) is 35.3 Å². The van der Waals surface area contributed by atoms with E-state index in [1.807, 2.05) is 6.92 Å². The molecular weight excluding hydrogens is 1490 g/mol. The maximum atomic E-state index is 11.7. The minimum Gasteiger partial charge on any atom is -0.463 e. The number of hydrogen-bond acceptors (Lipinski definition) is 8. The summed E-state index contributed by atoms with van der Waals surface area (Å²) in [7, 11) is 2.23. The van der Waals surface area contributed by atoms with Crippen molar-refractivity contribution in [3.63, 3.8) is 0 Å². The molecule has 0 aromatic heterocycles. The number of rotatable bonds is 7. The van der Waals surface area contributed by atoms with Crippen LogP contribution < -0.4 is 0 Å². The lowest BCUT2D eigenvalue weighted by Crippen LogP contribution is -2.45. The molecule has 3 spiro atoms. The minimum absolute atomic E-state index is 0.164. The maximum absolute atomic E-state index is 11.7. The van der Waals surface area contributed by atoms with Crippen molar-refractivity contribution in [1.29, 1.82) is 0 Å². The van der Waals surface area contributed by atoms with Crippen LogP contribution in [0.15, 0.2) is 170 Å². The molecule has 109 heavy (non-hydrogen) atoms. The smallest absolute Gasteiger partial charge is 0.330 e. The van der Waals surface area contributed by atoms with Crippen molar-refractivity contribution in [3.05, 3.63) is 173 Å². The molecule has 0 saturated carbocycles. The third kappa shape index (κ3) is 19.3. The zero-order valence-electron chi connectivity index (χ0n) is 69.5. The van der Waals surface area contributed by atoms with E-state index in [0.717, 1.165) is 87.5 Å². The highest BCUT2D eigenvalue weighted by Gasteiger charge is 2.62. The van der Waals surface area contributed by atoms with E-state index in [1.165, 1.54) is 164 Å². The molecule has 5 aromatic rings. The standard InChI is InChI=1S/C21H29O2S.C19H27O2S.C19H27OS2.C19H27S3.C18H25S/c1-5-23-20(22)14-15-12-18-10-11-19(13-15)24(18)17-8-6-16(7-9-17)21(2,3)4;3*1-18(2,3)14-4-6-15(7-5-14)22-16-8-9-17(22)13-19(12-16)20-10-11-21-19;1-13-11-16-9-10-17(12-13)19(16)15-7-5-14(6-8-15)18(2,3)4/h6-9,14,18-19H,5,10-13H2,1-4H3;3*4-7,16-17H,8-13H2,1-3H3;5-8,16-17H,1,9-12H2,2-4H3/q5*+1. The van der Waals surface area contributed by atoms with Crippen LogP contribution in [-0.4, -0.2) is 117 Å². The van der Waals surface area contributed by atoms with Crippen molar-refractivity contribution in [1.82, 2.24) is 0 Å². The number of carbonyl (C=O) groups excluding carboxylic acids is 1. The van der Waals surface area contributed by atoms with Crippen LogP contribution in [0.1, 0.15) is 267 Å². The van der Waals surface area contributed by atoms with Gasteiger partial charge in [-0.25, -0.2) is 4.79 Å². The lowest BCUT2D eigenvalue weighted by molar-refractivity contribution is -0.166. The fourth-order valence-corrected chi connectivity index (χ4v) is 42.8. The molecule has 0 radical (unpaired) electrons. The summed E-state index contributed by atoms with van der Waals surface area (Å²) in [6, 6.07) is 47.6. The van der Waals surface area contributed by atoms with Crippen LogP contribution in [0.2, 0.25) is 0 Å². The molecule has 10 unspecified atom stereocenters. The minimum atomic E-state index is -0.222. The highest BCUT2D eigenvalue weighted by atomic mass is 32.2. The van der Waals surface area contributed by atoms with Crippen molar-refractivity contribution in [3.8, 4) is 0 Å². The average molecular weight is 1630 g/mol. The highest BCUT2D eigenvalue weighted by molar-refractivity contribution is 8.21. The van der Waals surface area contributed by atoms with Crippen molar-refractivity contribution in [2.24, 2.45) is 0 Å². The van der Waals surface area contributed by atoms with Gasteiger partial charge in [-0.2, -0.15) is 0 Å². The Hall–Kier alpha value is -2.27. The van der Waals surface area contributed by atoms with E-state index in [9.17, 15) is 4.79 Å². The molecule has 5 nitrogen and oxygen atoms in total. The summed E-state index contributed by atoms with van der Waals surface area (Å²) in [5.41, 5.74) is 11.3. The third-order valence-corrected chi connectivity index (χ3v) is 46.0. The van der Waals surface area contributed by atoms with E-state index in [2.05, 4.69) is 267 Å². The summed E-state index contributed by atoms with van der Waals surface area (Å²) in [5, 5.41) is 8.41. The third-order valence-electron chi connectivity index (χ3n) is 25.9. The second-order valence-corrected chi connectivity index (χ2v) is 56.4. The van der Waals surface area contributed by atoms with E-state index in [-0.39, 0.29) is 43.8 Å². The van der Waals surface area contributed by atoms with E-state index >= 15 is 0 Å².